The Balaban J connectivity index is 1.91. The molecule has 0 saturated carbocycles. The van der Waals surface area contributed by atoms with Crippen LogP contribution >= 0.6 is 15.9 Å². The minimum atomic E-state index is -0.995. The largest absolute Gasteiger partial charge is 0.466 e. The summed E-state index contributed by atoms with van der Waals surface area (Å²) in [5.41, 5.74) is 0.165. The van der Waals surface area contributed by atoms with Gasteiger partial charge in [0.05, 0.1) is 6.26 Å². The highest BCUT2D eigenvalue weighted by Gasteiger charge is 2.25. The predicted octanol–water partition coefficient (Wildman–Crippen LogP) is 3.04. The molecule has 18 heavy (non-hydrogen) atoms. The summed E-state index contributed by atoms with van der Waals surface area (Å²) in [5, 5.41) is 13.5. The number of halogens is 1. The van der Waals surface area contributed by atoms with E-state index in [9.17, 15) is 5.11 Å². The summed E-state index contributed by atoms with van der Waals surface area (Å²) in [4.78, 5) is 0. The van der Waals surface area contributed by atoms with E-state index in [1.165, 1.54) is 0 Å². The van der Waals surface area contributed by atoms with Crippen molar-refractivity contribution in [1.82, 2.24) is 5.32 Å². The molecule has 0 bridgehead atoms. The van der Waals surface area contributed by atoms with Crippen molar-refractivity contribution < 1.29 is 9.52 Å². The molecule has 96 valence electrons. The van der Waals surface area contributed by atoms with E-state index in [1.54, 1.807) is 25.3 Å². The summed E-state index contributed by atoms with van der Waals surface area (Å²) < 4.78 is 6.29. The third-order valence-electron chi connectivity index (χ3n) is 2.79. The predicted molar refractivity (Wildman–Crippen MR) is 74.1 cm³/mol. The van der Waals surface area contributed by atoms with Gasteiger partial charge in [-0.25, -0.2) is 0 Å². The van der Waals surface area contributed by atoms with Gasteiger partial charge in [-0.2, -0.15) is 0 Å². The molecule has 1 atom stereocenters. The van der Waals surface area contributed by atoms with Crippen LogP contribution in [0.4, 0.5) is 0 Å². The third kappa shape index (κ3) is 3.22. The zero-order chi connectivity index (χ0) is 13.0. The lowest BCUT2D eigenvalue weighted by atomic mass is 10.0. The summed E-state index contributed by atoms with van der Waals surface area (Å²) in [5.74, 6) is 0.571. The maximum Gasteiger partial charge on any atom is 0.136 e. The van der Waals surface area contributed by atoms with E-state index in [-0.39, 0.29) is 0 Å². The quantitative estimate of drug-likeness (QED) is 0.892. The highest BCUT2D eigenvalue weighted by Crippen LogP contribution is 2.20. The molecule has 2 rings (SSSR count). The van der Waals surface area contributed by atoms with Crippen LogP contribution in [-0.4, -0.2) is 11.7 Å². The Morgan fingerprint density at radius 1 is 1.28 bits per heavy atom. The zero-order valence-electron chi connectivity index (χ0n) is 10.2. The van der Waals surface area contributed by atoms with E-state index in [4.69, 9.17) is 4.42 Å². The van der Waals surface area contributed by atoms with Crippen LogP contribution in [0.3, 0.4) is 0 Å². The Morgan fingerprint density at radius 2 is 2.06 bits per heavy atom. The molecule has 0 amide bonds. The highest BCUT2D eigenvalue weighted by atomic mass is 79.9. The lowest BCUT2D eigenvalue weighted by molar-refractivity contribution is 0.0340. The second-order valence-corrected chi connectivity index (χ2v) is 5.30. The Bertz CT molecular complexity index is 494. The van der Waals surface area contributed by atoms with Gasteiger partial charge in [0.25, 0.3) is 0 Å². The average molecular weight is 310 g/mol. The van der Waals surface area contributed by atoms with Crippen LogP contribution < -0.4 is 5.32 Å². The fourth-order valence-corrected chi connectivity index (χ4v) is 2.18. The summed E-state index contributed by atoms with van der Waals surface area (Å²) in [7, 11) is 0. The molecule has 2 N–H and O–H groups in total. The zero-order valence-corrected chi connectivity index (χ0v) is 11.8. The standard InChI is InChI=1S/C14H16BrNO2/c1-14(17,13-7-4-8-18-13)10-16-9-11-5-2-3-6-12(11)15/h2-8,16-17H,9-10H2,1H3. The molecule has 1 aromatic heterocycles. The van der Waals surface area contributed by atoms with Crippen LogP contribution in [0.2, 0.25) is 0 Å². The summed E-state index contributed by atoms with van der Waals surface area (Å²) >= 11 is 3.49. The van der Waals surface area contributed by atoms with Gasteiger partial charge in [-0.05, 0) is 30.7 Å². The molecule has 0 aliphatic carbocycles. The van der Waals surface area contributed by atoms with Crippen molar-refractivity contribution in [2.75, 3.05) is 6.54 Å². The van der Waals surface area contributed by atoms with Gasteiger partial charge in [0.15, 0.2) is 0 Å². The second-order valence-electron chi connectivity index (χ2n) is 4.45. The number of aliphatic hydroxyl groups is 1. The van der Waals surface area contributed by atoms with Crippen molar-refractivity contribution in [3.8, 4) is 0 Å². The van der Waals surface area contributed by atoms with E-state index < -0.39 is 5.60 Å². The topological polar surface area (TPSA) is 45.4 Å². The van der Waals surface area contributed by atoms with E-state index in [0.29, 0.717) is 18.8 Å². The Morgan fingerprint density at radius 3 is 2.72 bits per heavy atom. The van der Waals surface area contributed by atoms with E-state index in [0.717, 1.165) is 10.0 Å². The van der Waals surface area contributed by atoms with Crippen LogP contribution in [-0.2, 0) is 12.1 Å². The smallest absolute Gasteiger partial charge is 0.136 e. The number of rotatable bonds is 5. The second kappa shape index (κ2) is 5.69. The molecule has 1 aromatic carbocycles. The summed E-state index contributed by atoms with van der Waals surface area (Å²) in [6.07, 6.45) is 1.57. The van der Waals surface area contributed by atoms with Gasteiger partial charge < -0.3 is 14.8 Å². The normalized spacial score (nSPS) is 14.4. The Hall–Kier alpha value is -1.10. The summed E-state index contributed by atoms with van der Waals surface area (Å²) in [6, 6.07) is 11.6. The van der Waals surface area contributed by atoms with Crippen LogP contribution in [0, 0.1) is 0 Å². The number of furan rings is 1. The molecule has 1 unspecified atom stereocenters. The van der Waals surface area contributed by atoms with Gasteiger partial charge in [0.2, 0.25) is 0 Å². The molecule has 0 fully saturated rings. The van der Waals surface area contributed by atoms with Crippen LogP contribution in [0.1, 0.15) is 18.2 Å². The minimum Gasteiger partial charge on any atom is -0.466 e. The highest BCUT2D eigenvalue weighted by molar-refractivity contribution is 9.10. The minimum absolute atomic E-state index is 0.432. The molecule has 0 saturated heterocycles. The molecule has 2 aromatic rings. The molecule has 0 aliphatic heterocycles. The fraction of sp³-hybridized carbons (Fsp3) is 0.286. The fourth-order valence-electron chi connectivity index (χ4n) is 1.75. The molecule has 3 nitrogen and oxygen atoms in total. The van der Waals surface area contributed by atoms with Crippen molar-refractivity contribution in [3.63, 3.8) is 0 Å². The molecule has 1 heterocycles. The number of nitrogens with one attached hydrogen (secondary N) is 1. The van der Waals surface area contributed by atoms with Crippen molar-refractivity contribution >= 4 is 15.9 Å². The van der Waals surface area contributed by atoms with Crippen molar-refractivity contribution in [3.05, 3.63) is 58.5 Å². The van der Waals surface area contributed by atoms with Gasteiger partial charge in [-0.1, -0.05) is 34.1 Å². The average Bonchev–Trinajstić information content (AvgIpc) is 2.86. The number of benzene rings is 1. The summed E-state index contributed by atoms with van der Waals surface area (Å²) in [6.45, 7) is 2.86. The van der Waals surface area contributed by atoms with Gasteiger partial charge in [0.1, 0.15) is 11.4 Å². The van der Waals surface area contributed by atoms with Crippen LogP contribution in [0.5, 0.6) is 0 Å². The van der Waals surface area contributed by atoms with Gasteiger partial charge >= 0.3 is 0 Å². The first-order valence-electron chi connectivity index (χ1n) is 5.80. The maximum absolute atomic E-state index is 10.3. The van der Waals surface area contributed by atoms with Gasteiger partial charge in [-0.3, -0.25) is 0 Å². The molecular formula is C14H16BrNO2. The molecule has 4 heteroatoms. The van der Waals surface area contributed by atoms with E-state index >= 15 is 0 Å². The van der Waals surface area contributed by atoms with Crippen molar-refractivity contribution in [2.45, 2.75) is 19.1 Å². The SMILES string of the molecule is CC(O)(CNCc1ccccc1Br)c1ccco1. The first kappa shape index (κ1) is 13.3. The lowest BCUT2D eigenvalue weighted by Crippen LogP contribution is -2.34. The lowest BCUT2D eigenvalue weighted by Gasteiger charge is -2.21. The van der Waals surface area contributed by atoms with Crippen molar-refractivity contribution in [2.24, 2.45) is 0 Å². The molecule has 0 spiro atoms. The van der Waals surface area contributed by atoms with E-state index in [1.807, 2.05) is 24.3 Å². The van der Waals surface area contributed by atoms with Crippen LogP contribution in [0.15, 0.2) is 51.6 Å². The monoisotopic (exact) mass is 309 g/mol. The third-order valence-corrected chi connectivity index (χ3v) is 3.57. The van der Waals surface area contributed by atoms with Crippen LogP contribution in [0.25, 0.3) is 0 Å². The Kier molecular flexibility index (Phi) is 4.22. The molecule has 0 aliphatic rings. The maximum atomic E-state index is 10.3. The van der Waals surface area contributed by atoms with Crippen molar-refractivity contribution in [1.29, 1.82) is 0 Å². The first-order chi connectivity index (χ1) is 8.59. The molecule has 0 radical (unpaired) electrons. The first-order valence-corrected chi connectivity index (χ1v) is 6.59. The molecular weight excluding hydrogens is 294 g/mol. The van der Waals surface area contributed by atoms with Gasteiger partial charge in [-0.15, -0.1) is 0 Å². The Labute approximate surface area is 115 Å². The number of hydrogen-bond donors (Lipinski definition) is 2. The number of hydrogen-bond acceptors (Lipinski definition) is 3. The van der Waals surface area contributed by atoms with E-state index in [2.05, 4.69) is 21.2 Å². The van der Waals surface area contributed by atoms with Gasteiger partial charge in [0, 0.05) is 17.6 Å².